The highest BCUT2D eigenvalue weighted by atomic mass is 16.3. The third-order valence-corrected chi connectivity index (χ3v) is 10.4. The van der Waals surface area contributed by atoms with Crippen molar-refractivity contribution in [2.45, 2.75) is 6.92 Å². The van der Waals surface area contributed by atoms with Crippen molar-refractivity contribution in [3.8, 4) is 61.6 Å². The Kier molecular flexibility index (Phi) is 7.36. The zero-order valence-corrected chi connectivity index (χ0v) is 29.2. The van der Waals surface area contributed by atoms with Gasteiger partial charge in [-0.05, 0) is 106 Å². The van der Waals surface area contributed by atoms with Crippen molar-refractivity contribution in [1.29, 1.82) is 0 Å². The topological polar surface area (TPSA) is 31.0 Å². The molecular weight excluding hydrogens is 645 g/mol. The van der Waals surface area contributed by atoms with Crippen LogP contribution in [0.1, 0.15) is 5.56 Å². The highest BCUT2D eigenvalue weighted by Crippen LogP contribution is 2.40. The standard InChI is InChI=1S/C50H34N2O/c1-33-12-2-3-13-39(33)37-28-31-49-46(32-37)51-50(53-49)36-24-22-34(23-25-36)40-14-4-6-16-42(40)43-17-7-5-15-41(43)35-26-29-38(30-27-35)52-47-20-10-8-18-44(47)45-19-9-11-21-48(45)52/h2-32H,1H3. The molecule has 0 unspecified atom stereocenters. The summed E-state index contributed by atoms with van der Waals surface area (Å²) < 4.78 is 8.60. The van der Waals surface area contributed by atoms with Crippen LogP contribution in [0.15, 0.2) is 192 Å². The molecule has 0 bridgehead atoms. The van der Waals surface area contributed by atoms with Crippen molar-refractivity contribution >= 4 is 32.9 Å². The van der Waals surface area contributed by atoms with Crippen LogP contribution in [0.4, 0.5) is 0 Å². The highest BCUT2D eigenvalue weighted by molar-refractivity contribution is 6.09. The lowest BCUT2D eigenvalue weighted by Gasteiger charge is -2.15. The molecule has 10 aromatic rings. The van der Waals surface area contributed by atoms with E-state index in [1.807, 2.05) is 6.07 Å². The monoisotopic (exact) mass is 678 g/mol. The SMILES string of the molecule is Cc1ccccc1-c1ccc2oc(-c3ccc(-c4ccccc4-c4ccccc4-c4ccc(-n5c6ccccc6c6ccccc65)cc4)cc3)nc2c1. The van der Waals surface area contributed by atoms with Gasteiger partial charge in [-0.2, -0.15) is 0 Å². The summed E-state index contributed by atoms with van der Waals surface area (Å²) in [6, 6.07) is 66.9. The molecular formula is C50H34N2O. The number of hydrogen-bond acceptors (Lipinski definition) is 2. The molecule has 2 aromatic heterocycles. The molecule has 0 aliphatic rings. The van der Waals surface area contributed by atoms with Crippen LogP contribution in [0.3, 0.4) is 0 Å². The fourth-order valence-corrected chi connectivity index (χ4v) is 7.84. The van der Waals surface area contributed by atoms with Crippen LogP contribution < -0.4 is 0 Å². The van der Waals surface area contributed by atoms with Gasteiger partial charge >= 0.3 is 0 Å². The van der Waals surface area contributed by atoms with Gasteiger partial charge in [-0.15, -0.1) is 0 Å². The molecule has 0 aliphatic carbocycles. The first-order valence-electron chi connectivity index (χ1n) is 18.0. The maximum absolute atomic E-state index is 6.24. The van der Waals surface area contributed by atoms with E-state index in [9.17, 15) is 0 Å². The molecule has 2 heterocycles. The van der Waals surface area contributed by atoms with Gasteiger partial charge in [-0.1, -0.05) is 140 Å². The molecule has 53 heavy (non-hydrogen) atoms. The maximum atomic E-state index is 6.24. The van der Waals surface area contributed by atoms with E-state index in [0.717, 1.165) is 33.5 Å². The van der Waals surface area contributed by atoms with Crippen LogP contribution >= 0.6 is 0 Å². The number of benzene rings is 8. The Morgan fingerprint density at radius 1 is 0.415 bits per heavy atom. The third-order valence-electron chi connectivity index (χ3n) is 10.4. The molecule has 250 valence electrons. The molecule has 0 saturated carbocycles. The van der Waals surface area contributed by atoms with Crippen molar-refractivity contribution in [2.24, 2.45) is 0 Å². The second-order valence-corrected chi connectivity index (χ2v) is 13.6. The summed E-state index contributed by atoms with van der Waals surface area (Å²) in [4.78, 5) is 4.90. The Morgan fingerprint density at radius 3 is 1.49 bits per heavy atom. The largest absolute Gasteiger partial charge is 0.436 e. The molecule has 8 aromatic carbocycles. The van der Waals surface area contributed by atoms with Crippen LogP contribution in [0.2, 0.25) is 0 Å². The molecule has 0 atom stereocenters. The van der Waals surface area contributed by atoms with E-state index < -0.39 is 0 Å². The van der Waals surface area contributed by atoms with E-state index in [1.54, 1.807) is 0 Å². The van der Waals surface area contributed by atoms with E-state index in [-0.39, 0.29) is 0 Å². The van der Waals surface area contributed by atoms with Crippen molar-refractivity contribution in [3.05, 3.63) is 194 Å². The van der Waals surface area contributed by atoms with Crippen LogP contribution in [-0.2, 0) is 0 Å². The average Bonchev–Trinajstić information content (AvgIpc) is 3.80. The molecule has 3 heteroatoms. The Balaban J connectivity index is 0.980. The first kappa shape index (κ1) is 30.8. The first-order chi connectivity index (χ1) is 26.2. The Hall–Kier alpha value is -6.97. The lowest BCUT2D eigenvalue weighted by atomic mass is 9.89. The van der Waals surface area contributed by atoms with Gasteiger partial charge in [0.15, 0.2) is 5.58 Å². The summed E-state index contributed by atoms with van der Waals surface area (Å²) in [6.45, 7) is 2.14. The molecule has 0 radical (unpaired) electrons. The minimum Gasteiger partial charge on any atom is -0.436 e. The number of rotatable bonds is 6. The van der Waals surface area contributed by atoms with Gasteiger partial charge in [0.05, 0.1) is 11.0 Å². The maximum Gasteiger partial charge on any atom is 0.227 e. The Morgan fingerprint density at radius 2 is 0.887 bits per heavy atom. The van der Waals surface area contributed by atoms with E-state index in [1.165, 1.54) is 60.8 Å². The van der Waals surface area contributed by atoms with Gasteiger partial charge in [-0.3, -0.25) is 0 Å². The average molecular weight is 679 g/mol. The van der Waals surface area contributed by atoms with Crippen LogP contribution in [0.5, 0.6) is 0 Å². The Bertz CT molecular complexity index is 2890. The number of hydrogen-bond donors (Lipinski definition) is 0. The summed E-state index contributed by atoms with van der Waals surface area (Å²) in [7, 11) is 0. The minimum atomic E-state index is 0.622. The molecule has 0 spiro atoms. The van der Waals surface area contributed by atoms with Crippen molar-refractivity contribution < 1.29 is 4.42 Å². The van der Waals surface area contributed by atoms with Crippen molar-refractivity contribution in [2.75, 3.05) is 0 Å². The third kappa shape index (κ3) is 5.33. The van der Waals surface area contributed by atoms with E-state index in [0.29, 0.717) is 5.89 Å². The van der Waals surface area contributed by atoms with E-state index in [4.69, 9.17) is 9.40 Å². The van der Waals surface area contributed by atoms with Crippen molar-refractivity contribution in [1.82, 2.24) is 9.55 Å². The fraction of sp³-hybridized carbons (Fsp3) is 0.0200. The molecule has 0 aliphatic heterocycles. The summed E-state index contributed by atoms with van der Waals surface area (Å²) in [5, 5.41) is 2.53. The number of aryl methyl sites for hydroxylation is 1. The van der Waals surface area contributed by atoms with E-state index in [2.05, 4.69) is 193 Å². The van der Waals surface area contributed by atoms with E-state index >= 15 is 0 Å². The summed E-state index contributed by atoms with van der Waals surface area (Å²) >= 11 is 0. The van der Waals surface area contributed by atoms with Gasteiger partial charge < -0.3 is 8.98 Å². The normalized spacial score (nSPS) is 11.5. The molecule has 10 rings (SSSR count). The first-order valence-corrected chi connectivity index (χ1v) is 18.0. The lowest BCUT2D eigenvalue weighted by Crippen LogP contribution is -1.94. The number of aromatic nitrogens is 2. The smallest absolute Gasteiger partial charge is 0.227 e. The second kappa shape index (κ2) is 12.7. The van der Waals surface area contributed by atoms with Crippen molar-refractivity contribution in [3.63, 3.8) is 0 Å². The number of oxazole rings is 1. The summed E-state index contributed by atoms with van der Waals surface area (Å²) in [6.07, 6.45) is 0. The van der Waals surface area contributed by atoms with Crippen LogP contribution in [-0.4, -0.2) is 9.55 Å². The van der Waals surface area contributed by atoms with Crippen LogP contribution in [0.25, 0.3) is 94.6 Å². The number of para-hydroxylation sites is 2. The van der Waals surface area contributed by atoms with Gasteiger partial charge in [0.2, 0.25) is 5.89 Å². The summed E-state index contributed by atoms with van der Waals surface area (Å²) in [5.74, 6) is 0.622. The number of fused-ring (bicyclic) bond motifs is 4. The second-order valence-electron chi connectivity index (χ2n) is 13.6. The van der Waals surface area contributed by atoms with Gasteiger partial charge in [0.1, 0.15) is 5.52 Å². The van der Waals surface area contributed by atoms with Gasteiger partial charge in [0, 0.05) is 22.0 Å². The zero-order chi connectivity index (χ0) is 35.3. The molecule has 0 fully saturated rings. The quantitative estimate of drug-likeness (QED) is 0.175. The minimum absolute atomic E-state index is 0.622. The molecule has 3 nitrogen and oxygen atoms in total. The van der Waals surface area contributed by atoms with Gasteiger partial charge in [0.25, 0.3) is 0 Å². The van der Waals surface area contributed by atoms with Crippen LogP contribution in [0, 0.1) is 6.92 Å². The zero-order valence-electron chi connectivity index (χ0n) is 29.2. The summed E-state index contributed by atoms with van der Waals surface area (Å²) in [5.41, 5.74) is 16.8. The highest BCUT2D eigenvalue weighted by Gasteiger charge is 2.16. The molecule has 0 amide bonds. The lowest BCUT2D eigenvalue weighted by molar-refractivity contribution is 0.620. The Labute approximate surface area is 308 Å². The number of nitrogens with zero attached hydrogens (tertiary/aromatic N) is 2. The fourth-order valence-electron chi connectivity index (χ4n) is 7.84. The molecule has 0 N–H and O–H groups in total. The van der Waals surface area contributed by atoms with Gasteiger partial charge in [-0.25, -0.2) is 4.98 Å². The predicted molar refractivity (Wildman–Crippen MR) is 220 cm³/mol. The predicted octanol–water partition coefficient (Wildman–Crippen LogP) is 13.6. The molecule has 0 saturated heterocycles.